The third kappa shape index (κ3) is 4.88. The Labute approximate surface area is 152 Å². The summed E-state index contributed by atoms with van der Waals surface area (Å²) in [5.74, 6) is -0.291. The number of hydrogen-bond donors (Lipinski definition) is 1. The van der Waals surface area contributed by atoms with Crippen LogP contribution in [0.25, 0.3) is 0 Å². The van der Waals surface area contributed by atoms with Crippen LogP contribution in [0.2, 0.25) is 0 Å². The minimum Gasteiger partial charge on any atom is -0.349 e. The van der Waals surface area contributed by atoms with Crippen LogP contribution >= 0.6 is 0 Å². The lowest BCUT2D eigenvalue weighted by Gasteiger charge is -2.32. The van der Waals surface area contributed by atoms with Crippen molar-refractivity contribution in [2.75, 3.05) is 13.1 Å². The zero-order valence-corrected chi connectivity index (χ0v) is 14.5. The SMILES string of the molecule is O=C(NC1CCN(C(=O)CCc2ccc(F)cc2)CC1)c1cccnc1. The normalized spacial score (nSPS) is 14.9. The standard InChI is InChI=1S/C20H22FN3O2/c21-17-6-3-15(4-7-17)5-8-19(25)24-12-9-18(10-13-24)23-20(26)16-2-1-11-22-14-16/h1-4,6-7,11,14,18H,5,8-10,12-13H2,(H,23,26). The van der Waals surface area contributed by atoms with E-state index in [2.05, 4.69) is 10.3 Å². The number of rotatable bonds is 5. The number of aryl methyl sites for hydroxylation is 1. The van der Waals surface area contributed by atoms with Crippen molar-refractivity contribution in [1.82, 2.24) is 15.2 Å². The van der Waals surface area contributed by atoms with Gasteiger partial charge in [0.1, 0.15) is 5.82 Å². The summed E-state index contributed by atoms with van der Waals surface area (Å²) in [5.41, 5.74) is 1.50. The number of aromatic nitrogens is 1. The maximum atomic E-state index is 12.9. The van der Waals surface area contributed by atoms with Gasteiger partial charge in [-0.05, 0) is 49.1 Å². The third-order valence-corrected chi connectivity index (χ3v) is 4.65. The number of pyridine rings is 1. The molecule has 0 aliphatic carbocycles. The van der Waals surface area contributed by atoms with Crippen LogP contribution in [0.5, 0.6) is 0 Å². The molecule has 6 heteroatoms. The van der Waals surface area contributed by atoms with Crippen LogP contribution in [0, 0.1) is 5.82 Å². The Morgan fingerprint density at radius 2 is 1.88 bits per heavy atom. The van der Waals surface area contributed by atoms with Gasteiger partial charge in [-0.1, -0.05) is 12.1 Å². The molecule has 2 heterocycles. The molecular weight excluding hydrogens is 333 g/mol. The molecule has 0 spiro atoms. The number of benzene rings is 1. The Balaban J connectivity index is 1.42. The van der Waals surface area contributed by atoms with E-state index in [1.807, 2.05) is 4.90 Å². The van der Waals surface area contributed by atoms with Crippen molar-refractivity contribution in [3.05, 3.63) is 65.7 Å². The Bertz CT molecular complexity index is 741. The van der Waals surface area contributed by atoms with Crippen LogP contribution < -0.4 is 5.32 Å². The van der Waals surface area contributed by atoms with E-state index in [0.717, 1.165) is 18.4 Å². The van der Waals surface area contributed by atoms with Crippen LogP contribution in [0.4, 0.5) is 4.39 Å². The summed E-state index contributed by atoms with van der Waals surface area (Å²) in [6, 6.07) is 9.79. The van der Waals surface area contributed by atoms with Crippen LogP contribution in [-0.4, -0.2) is 40.8 Å². The molecule has 1 aliphatic rings. The van der Waals surface area contributed by atoms with E-state index in [1.54, 1.807) is 36.7 Å². The lowest BCUT2D eigenvalue weighted by atomic mass is 10.0. The van der Waals surface area contributed by atoms with Crippen LogP contribution in [0.3, 0.4) is 0 Å². The van der Waals surface area contributed by atoms with Gasteiger partial charge in [0, 0.05) is 37.9 Å². The predicted molar refractivity (Wildman–Crippen MR) is 96.0 cm³/mol. The van der Waals surface area contributed by atoms with Crippen molar-refractivity contribution in [3.63, 3.8) is 0 Å². The van der Waals surface area contributed by atoms with Crippen molar-refractivity contribution in [1.29, 1.82) is 0 Å². The van der Waals surface area contributed by atoms with Gasteiger partial charge in [0.25, 0.3) is 5.91 Å². The van der Waals surface area contributed by atoms with Gasteiger partial charge in [0.2, 0.25) is 5.91 Å². The maximum absolute atomic E-state index is 12.9. The van der Waals surface area contributed by atoms with Crippen LogP contribution in [0.15, 0.2) is 48.8 Å². The summed E-state index contributed by atoms with van der Waals surface area (Å²) >= 11 is 0. The van der Waals surface area contributed by atoms with E-state index in [1.165, 1.54) is 12.1 Å². The first-order valence-corrected chi connectivity index (χ1v) is 8.85. The van der Waals surface area contributed by atoms with Crippen molar-refractivity contribution in [3.8, 4) is 0 Å². The molecule has 0 radical (unpaired) electrons. The molecule has 0 unspecified atom stereocenters. The van der Waals surface area contributed by atoms with E-state index < -0.39 is 0 Å². The van der Waals surface area contributed by atoms with Crippen molar-refractivity contribution < 1.29 is 14.0 Å². The van der Waals surface area contributed by atoms with Crippen molar-refractivity contribution in [2.45, 2.75) is 31.7 Å². The Hall–Kier alpha value is -2.76. The quantitative estimate of drug-likeness (QED) is 0.897. The minimum absolute atomic E-state index is 0.0730. The second-order valence-electron chi connectivity index (χ2n) is 6.50. The van der Waals surface area contributed by atoms with Gasteiger partial charge in [-0.15, -0.1) is 0 Å². The summed E-state index contributed by atoms with van der Waals surface area (Å²) in [4.78, 5) is 30.3. The number of piperidine rings is 1. The number of carbonyl (C=O) groups is 2. The van der Waals surface area contributed by atoms with Gasteiger partial charge in [-0.3, -0.25) is 14.6 Å². The van der Waals surface area contributed by atoms with Gasteiger partial charge >= 0.3 is 0 Å². The van der Waals surface area contributed by atoms with E-state index >= 15 is 0 Å². The van der Waals surface area contributed by atoms with E-state index in [-0.39, 0.29) is 23.7 Å². The molecule has 0 atom stereocenters. The third-order valence-electron chi connectivity index (χ3n) is 4.65. The van der Waals surface area contributed by atoms with Crippen molar-refractivity contribution >= 4 is 11.8 Å². The largest absolute Gasteiger partial charge is 0.349 e. The fourth-order valence-corrected chi connectivity index (χ4v) is 3.10. The summed E-state index contributed by atoms with van der Waals surface area (Å²) in [6.07, 6.45) is 5.69. The highest BCUT2D eigenvalue weighted by atomic mass is 19.1. The molecule has 1 aromatic heterocycles. The number of nitrogens with zero attached hydrogens (tertiary/aromatic N) is 2. The first kappa shape index (κ1) is 18.0. The highest BCUT2D eigenvalue weighted by Gasteiger charge is 2.23. The zero-order chi connectivity index (χ0) is 18.4. The zero-order valence-electron chi connectivity index (χ0n) is 14.5. The Morgan fingerprint density at radius 1 is 1.15 bits per heavy atom. The molecule has 2 amide bonds. The van der Waals surface area contributed by atoms with E-state index in [0.29, 0.717) is 31.5 Å². The number of carbonyl (C=O) groups excluding carboxylic acids is 2. The molecular formula is C20H22FN3O2. The van der Waals surface area contributed by atoms with Gasteiger partial charge in [-0.25, -0.2) is 4.39 Å². The lowest BCUT2D eigenvalue weighted by Crippen LogP contribution is -2.46. The van der Waals surface area contributed by atoms with Gasteiger partial charge < -0.3 is 10.2 Å². The molecule has 1 N–H and O–H groups in total. The number of halogens is 1. The van der Waals surface area contributed by atoms with Crippen molar-refractivity contribution in [2.24, 2.45) is 0 Å². The number of nitrogens with one attached hydrogen (secondary N) is 1. The topological polar surface area (TPSA) is 62.3 Å². The van der Waals surface area contributed by atoms with Gasteiger partial charge in [0.15, 0.2) is 0 Å². The van der Waals surface area contributed by atoms with Crippen LogP contribution in [0.1, 0.15) is 35.2 Å². The fraction of sp³-hybridized carbons (Fsp3) is 0.350. The Morgan fingerprint density at radius 3 is 2.54 bits per heavy atom. The highest BCUT2D eigenvalue weighted by molar-refractivity contribution is 5.94. The molecule has 5 nitrogen and oxygen atoms in total. The number of likely N-dealkylation sites (tertiary alicyclic amines) is 1. The van der Waals surface area contributed by atoms with Crippen LogP contribution in [-0.2, 0) is 11.2 Å². The second kappa shape index (κ2) is 8.56. The predicted octanol–water partition coefficient (Wildman–Crippen LogP) is 2.57. The van der Waals surface area contributed by atoms with E-state index in [4.69, 9.17) is 0 Å². The monoisotopic (exact) mass is 355 g/mol. The first-order valence-electron chi connectivity index (χ1n) is 8.85. The molecule has 1 aliphatic heterocycles. The van der Waals surface area contributed by atoms with E-state index in [9.17, 15) is 14.0 Å². The fourth-order valence-electron chi connectivity index (χ4n) is 3.10. The molecule has 1 saturated heterocycles. The average Bonchev–Trinajstić information content (AvgIpc) is 2.68. The molecule has 0 bridgehead atoms. The minimum atomic E-state index is -0.268. The summed E-state index contributed by atoms with van der Waals surface area (Å²) < 4.78 is 12.9. The highest BCUT2D eigenvalue weighted by Crippen LogP contribution is 2.14. The molecule has 0 saturated carbocycles. The summed E-state index contributed by atoms with van der Waals surface area (Å²) in [7, 11) is 0. The second-order valence-corrected chi connectivity index (χ2v) is 6.50. The molecule has 3 rings (SSSR count). The van der Waals surface area contributed by atoms with Gasteiger partial charge in [-0.2, -0.15) is 0 Å². The first-order chi connectivity index (χ1) is 12.6. The Kier molecular flexibility index (Phi) is 5.94. The molecule has 2 aromatic rings. The molecule has 136 valence electrons. The summed E-state index contributed by atoms with van der Waals surface area (Å²) in [5, 5.41) is 3.01. The number of hydrogen-bond acceptors (Lipinski definition) is 3. The molecule has 1 aromatic carbocycles. The molecule has 26 heavy (non-hydrogen) atoms. The summed E-state index contributed by atoms with van der Waals surface area (Å²) in [6.45, 7) is 1.28. The maximum Gasteiger partial charge on any atom is 0.253 e. The average molecular weight is 355 g/mol. The molecule has 1 fully saturated rings. The smallest absolute Gasteiger partial charge is 0.253 e. The lowest BCUT2D eigenvalue weighted by molar-refractivity contribution is -0.132. The van der Waals surface area contributed by atoms with Gasteiger partial charge in [0.05, 0.1) is 5.56 Å². The number of amides is 2.